The second-order valence-electron chi connectivity index (χ2n) is 8.30. The maximum atomic E-state index is 12.4. The second-order valence-corrected chi connectivity index (χ2v) is 11.2. The summed E-state index contributed by atoms with van der Waals surface area (Å²) in [6, 6.07) is 3.93. The number of carbonyl (C=O) groups excluding carboxylic acids is 1. The van der Waals surface area contributed by atoms with Crippen molar-refractivity contribution >= 4 is 32.0 Å². The van der Waals surface area contributed by atoms with Crippen LogP contribution in [0.2, 0.25) is 13.1 Å². The highest BCUT2D eigenvalue weighted by Gasteiger charge is 2.50. The van der Waals surface area contributed by atoms with E-state index in [-0.39, 0.29) is 35.1 Å². The minimum absolute atomic E-state index is 0.00196. The second kappa shape index (κ2) is 8.06. The number of nitrogens with one attached hydrogen (secondary N) is 1. The highest BCUT2D eigenvalue weighted by atomic mass is 32.1. The summed E-state index contributed by atoms with van der Waals surface area (Å²) in [6.45, 7) is 13.7. The molecule has 0 spiro atoms. The average Bonchev–Trinajstić information content (AvgIpc) is 2.54. The van der Waals surface area contributed by atoms with Crippen LogP contribution in [-0.4, -0.2) is 37.4 Å². The Morgan fingerprint density at radius 1 is 1.36 bits per heavy atom. The molecule has 0 aliphatic carbocycles. The minimum Gasteiger partial charge on any atom is -0.420 e. The molecule has 25 heavy (non-hydrogen) atoms. The van der Waals surface area contributed by atoms with E-state index >= 15 is 0 Å². The van der Waals surface area contributed by atoms with E-state index in [1.54, 1.807) is 12.4 Å². The number of rotatable bonds is 7. The van der Waals surface area contributed by atoms with Crippen LogP contribution in [0.1, 0.15) is 33.3 Å². The quantitative estimate of drug-likeness (QED) is 0.343. The predicted molar refractivity (Wildman–Crippen MR) is 108 cm³/mol. The number of β-lactam (4-membered cyclic amide) rings is 1. The van der Waals surface area contributed by atoms with Crippen molar-refractivity contribution in [3.05, 3.63) is 30.1 Å². The van der Waals surface area contributed by atoms with Crippen molar-refractivity contribution in [2.75, 3.05) is 6.61 Å². The Labute approximate surface area is 158 Å². The van der Waals surface area contributed by atoms with Crippen LogP contribution in [0.4, 0.5) is 0 Å². The maximum Gasteiger partial charge on any atom is 0.225 e. The number of nitrogens with zero attached hydrogens (tertiary/aromatic N) is 1. The van der Waals surface area contributed by atoms with Crippen molar-refractivity contribution in [2.24, 2.45) is 23.2 Å². The first-order valence-corrected chi connectivity index (χ1v) is 12.2. The first-order valence-electron chi connectivity index (χ1n) is 8.99. The largest absolute Gasteiger partial charge is 0.420 e. The normalized spacial score (nSPS) is 22.9. The molecule has 2 heterocycles. The molecule has 1 N–H and O–H groups in total. The number of carbonyl (C=O) groups is 1. The minimum atomic E-state index is -1.13. The molecule has 1 aliphatic rings. The lowest BCUT2D eigenvalue weighted by atomic mass is 9.64. The van der Waals surface area contributed by atoms with E-state index in [0.717, 1.165) is 10.4 Å². The van der Waals surface area contributed by atoms with Crippen LogP contribution in [0.15, 0.2) is 24.5 Å². The molecule has 1 aromatic heterocycles. The molecule has 4 atom stereocenters. The van der Waals surface area contributed by atoms with E-state index in [0.29, 0.717) is 6.61 Å². The molecule has 4 nitrogen and oxygen atoms in total. The summed E-state index contributed by atoms with van der Waals surface area (Å²) >= 11 is 5.69. The van der Waals surface area contributed by atoms with E-state index in [2.05, 4.69) is 51.1 Å². The monoisotopic (exact) mass is 378 g/mol. The van der Waals surface area contributed by atoms with Crippen LogP contribution in [-0.2, 0) is 9.22 Å². The molecule has 2 rings (SSSR count). The molecule has 1 aliphatic heterocycles. The van der Waals surface area contributed by atoms with Crippen LogP contribution in [0.25, 0.3) is 0 Å². The summed E-state index contributed by atoms with van der Waals surface area (Å²) in [7, 11) is -1.13. The average molecular weight is 379 g/mol. The van der Waals surface area contributed by atoms with E-state index in [4.69, 9.17) is 16.6 Å². The van der Waals surface area contributed by atoms with Crippen LogP contribution in [0, 0.1) is 23.2 Å². The number of hydrogen-bond acceptors (Lipinski definition) is 4. The van der Waals surface area contributed by atoms with Crippen molar-refractivity contribution in [3.63, 3.8) is 0 Å². The van der Waals surface area contributed by atoms with Gasteiger partial charge in [0.2, 0.25) is 5.91 Å². The Kier molecular flexibility index (Phi) is 6.51. The fraction of sp³-hybridized carbons (Fsp3) is 0.632. The lowest BCUT2D eigenvalue weighted by molar-refractivity contribution is -0.143. The topological polar surface area (TPSA) is 51.2 Å². The smallest absolute Gasteiger partial charge is 0.225 e. The number of thiocarbonyl (C=S) groups is 1. The third-order valence-electron chi connectivity index (χ3n) is 5.07. The molecule has 0 saturated carbocycles. The van der Waals surface area contributed by atoms with Crippen molar-refractivity contribution in [2.45, 2.75) is 46.8 Å². The van der Waals surface area contributed by atoms with E-state index in [1.165, 1.54) is 0 Å². The summed E-state index contributed by atoms with van der Waals surface area (Å²) in [4.78, 5) is 17.4. The summed E-state index contributed by atoms with van der Waals surface area (Å²) in [6.07, 6.45) is 3.51. The van der Waals surface area contributed by atoms with Gasteiger partial charge in [-0.25, -0.2) is 0 Å². The first kappa shape index (κ1) is 20.2. The van der Waals surface area contributed by atoms with E-state index in [1.807, 2.05) is 12.1 Å². The fourth-order valence-corrected chi connectivity index (χ4v) is 4.29. The van der Waals surface area contributed by atoms with Gasteiger partial charge in [0.15, 0.2) is 9.04 Å². The van der Waals surface area contributed by atoms with Crippen LogP contribution in [0.5, 0.6) is 0 Å². The SMILES string of the molecule is C[C@@H](C(=S)c1ccncc1)[C@H]1NC(=O)[C@H]1[C@@H](CO[SiH](C)C)C(C)(C)C. The summed E-state index contributed by atoms with van der Waals surface area (Å²) in [5.41, 5.74) is 1.01. The van der Waals surface area contributed by atoms with Crippen molar-refractivity contribution in [1.82, 2.24) is 10.3 Å². The van der Waals surface area contributed by atoms with Gasteiger partial charge in [0.25, 0.3) is 0 Å². The lowest BCUT2D eigenvalue weighted by Gasteiger charge is -2.48. The molecule has 138 valence electrons. The Morgan fingerprint density at radius 3 is 2.44 bits per heavy atom. The molecule has 1 saturated heterocycles. The standard InChI is InChI=1S/C19H30N2O2SSi/c1-12(17(24)13-7-9-20-10-8-13)16-15(18(22)21-16)14(19(2,3)4)11-23-25(5)6/h7-10,12,14-16,25H,11H2,1-6H3,(H,21,22)/t12-,14-,15+,16-/m1/s1. The van der Waals surface area contributed by atoms with Gasteiger partial charge in [0.1, 0.15) is 0 Å². The third kappa shape index (κ3) is 4.74. The molecule has 1 fully saturated rings. The Morgan fingerprint density at radius 2 is 1.96 bits per heavy atom. The van der Waals surface area contributed by atoms with Crippen molar-refractivity contribution in [1.29, 1.82) is 0 Å². The first-order chi connectivity index (χ1) is 11.6. The van der Waals surface area contributed by atoms with Gasteiger partial charge in [-0.05, 0) is 42.1 Å². The summed E-state index contributed by atoms with van der Waals surface area (Å²) in [5.74, 6) is 0.357. The zero-order chi connectivity index (χ0) is 18.8. The highest BCUT2D eigenvalue weighted by Crippen LogP contribution is 2.40. The molecule has 0 unspecified atom stereocenters. The lowest BCUT2D eigenvalue weighted by Crippen LogP contribution is -2.66. The number of amides is 1. The van der Waals surface area contributed by atoms with Gasteiger partial charge in [0.05, 0.1) is 5.92 Å². The summed E-state index contributed by atoms with van der Waals surface area (Å²) in [5, 5.41) is 3.10. The molecule has 0 radical (unpaired) electrons. The van der Waals surface area contributed by atoms with Crippen LogP contribution < -0.4 is 5.32 Å². The fourth-order valence-electron chi connectivity index (χ4n) is 3.42. The molecule has 1 amide bonds. The van der Waals surface area contributed by atoms with Crippen molar-refractivity contribution < 1.29 is 9.22 Å². The van der Waals surface area contributed by atoms with Gasteiger partial charge >= 0.3 is 0 Å². The number of aromatic nitrogens is 1. The number of hydrogen-bond donors (Lipinski definition) is 1. The van der Waals surface area contributed by atoms with Gasteiger partial charge in [-0.15, -0.1) is 0 Å². The molecular formula is C19H30N2O2SSi. The summed E-state index contributed by atoms with van der Waals surface area (Å²) < 4.78 is 6.03. The molecular weight excluding hydrogens is 348 g/mol. The van der Waals surface area contributed by atoms with Crippen LogP contribution >= 0.6 is 12.2 Å². The zero-order valence-electron chi connectivity index (χ0n) is 16.1. The molecule has 6 heteroatoms. The Bertz CT molecular complexity index is 616. The van der Waals surface area contributed by atoms with Gasteiger partial charge < -0.3 is 9.74 Å². The van der Waals surface area contributed by atoms with E-state index < -0.39 is 9.04 Å². The molecule has 0 bridgehead atoms. The Balaban J connectivity index is 2.18. The van der Waals surface area contributed by atoms with Gasteiger partial charge in [-0.1, -0.05) is 39.9 Å². The number of pyridine rings is 1. The van der Waals surface area contributed by atoms with Gasteiger partial charge in [0, 0.05) is 35.8 Å². The van der Waals surface area contributed by atoms with Crippen LogP contribution in [0.3, 0.4) is 0 Å². The maximum absolute atomic E-state index is 12.4. The van der Waals surface area contributed by atoms with Gasteiger partial charge in [-0.2, -0.15) is 0 Å². The third-order valence-corrected chi connectivity index (χ3v) is 6.54. The highest BCUT2D eigenvalue weighted by molar-refractivity contribution is 7.80. The molecule has 0 aromatic carbocycles. The predicted octanol–water partition coefficient (Wildman–Crippen LogP) is 3.21. The Hall–Kier alpha value is -1.11. The zero-order valence-corrected chi connectivity index (χ0v) is 18.0. The van der Waals surface area contributed by atoms with Crippen molar-refractivity contribution in [3.8, 4) is 0 Å². The van der Waals surface area contributed by atoms with Gasteiger partial charge in [-0.3, -0.25) is 9.78 Å². The molecule has 1 aromatic rings. The van der Waals surface area contributed by atoms with E-state index in [9.17, 15) is 4.79 Å².